The summed E-state index contributed by atoms with van der Waals surface area (Å²) in [5.74, 6) is -4.28. The van der Waals surface area contributed by atoms with Crippen LogP contribution in [0.2, 0.25) is 0 Å². The maximum atomic E-state index is 14.1. The van der Waals surface area contributed by atoms with E-state index in [1.54, 1.807) is 0 Å². The summed E-state index contributed by atoms with van der Waals surface area (Å²) in [5.41, 5.74) is 3.14. The topological polar surface area (TPSA) is 118 Å². The zero-order chi connectivity index (χ0) is 16.9. The Morgan fingerprint density at radius 2 is 1.78 bits per heavy atom. The van der Waals surface area contributed by atoms with E-state index < -0.39 is 46.1 Å². The standard InChI is InChI=1S/C14H6F2N4O3/c15-7-3-9(8(16)1-5(7)4-17)20-10(21)2-6-11(12(20)18)14(23)19-13(6)22/h1-3H,18H2,(H,19,22,23). The van der Waals surface area contributed by atoms with Crippen LogP contribution in [-0.2, 0) is 0 Å². The third-order valence-corrected chi connectivity index (χ3v) is 3.35. The molecule has 0 atom stereocenters. The zero-order valence-electron chi connectivity index (χ0n) is 11.2. The molecule has 7 nitrogen and oxygen atoms in total. The fourth-order valence-corrected chi connectivity index (χ4v) is 2.32. The summed E-state index contributed by atoms with van der Waals surface area (Å²) in [4.78, 5) is 35.3. The van der Waals surface area contributed by atoms with E-state index in [1.807, 2.05) is 5.32 Å². The van der Waals surface area contributed by atoms with Gasteiger partial charge in [-0.3, -0.25) is 24.3 Å². The molecular formula is C14H6F2N4O3. The van der Waals surface area contributed by atoms with Crippen LogP contribution in [0.3, 0.4) is 0 Å². The first-order valence-electron chi connectivity index (χ1n) is 6.16. The van der Waals surface area contributed by atoms with Gasteiger partial charge in [-0.2, -0.15) is 5.26 Å². The Hall–Kier alpha value is -3.54. The molecule has 9 heteroatoms. The van der Waals surface area contributed by atoms with Gasteiger partial charge in [0.1, 0.15) is 23.5 Å². The van der Waals surface area contributed by atoms with E-state index in [9.17, 15) is 23.2 Å². The number of imide groups is 1. The average molecular weight is 316 g/mol. The molecule has 2 aromatic rings. The quantitative estimate of drug-likeness (QED) is 0.741. The molecule has 0 radical (unpaired) electrons. The highest BCUT2D eigenvalue weighted by atomic mass is 19.1. The summed E-state index contributed by atoms with van der Waals surface area (Å²) < 4.78 is 28.4. The van der Waals surface area contributed by atoms with Crippen LogP contribution < -0.4 is 16.6 Å². The Morgan fingerprint density at radius 3 is 2.43 bits per heavy atom. The highest BCUT2D eigenvalue weighted by Gasteiger charge is 2.32. The van der Waals surface area contributed by atoms with E-state index in [0.29, 0.717) is 16.7 Å². The van der Waals surface area contributed by atoms with Gasteiger partial charge >= 0.3 is 0 Å². The minimum absolute atomic E-state index is 0.233. The molecular weight excluding hydrogens is 310 g/mol. The molecule has 23 heavy (non-hydrogen) atoms. The van der Waals surface area contributed by atoms with E-state index in [2.05, 4.69) is 0 Å². The Morgan fingerprint density at radius 1 is 1.09 bits per heavy atom. The lowest BCUT2D eigenvalue weighted by molar-refractivity contribution is 0.0880. The lowest BCUT2D eigenvalue weighted by atomic mass is 10.1. The number of benzene rings is 1. The first-order valence-corrected chi connectivity index (χ1v) is 6.16. The van der Waals surface area contributed by atoms with Crippen LogP contribution >= 0.6 is 0 Å². The maximum absolute atomic E-state index is 14.1. The van der Waals surface area contributed by atoms with E-state index in [0.717, 1.165) is 6.07 Å². The number of nitrogens with one attached hydrogen (secondary N) is 1. The van der Waals surface area contributed by atoms with E-state index >= 15 is 0 Å². The normalized spacial score (nSPS) is 12.7. The van der Waals surface area contributed by atoms with Gasteiger partial charge in [0.05, 0.1) is 22.4 Å². The smallest absolute Gasteiger partial charge is 0.262 e. The number of carbonyl (C=O) groups excluding carboxylic acids is 2. The van der Waals surface area contributed by atoms with Gasteiger partial charge in [0.25, 0.3) is 17.4 Å². The first-order chi connectivity index (χ1) is 10.8. The molecule has 3 N–H and O–H groups in total. The van der Waals surface area contributed by atoms with Gasteiger partial charge in [0.2, 0.25) is 0 Å². The number of hydrogen-bond donors (Lipinski definition) is 2. The number of aromatic nitrogens is 1. The van der Waals surface area contributed by atoms with Gasteiger partial charge in [-0.25, -0.2) is 8.78 Å². The Balaban J connectivity index is 2.36. The van der Waals surface area contributed by atoms with Gasteiger partial charge in [-0.1, -0.05) is 0 Å². The van der Waals surface area contributed by atoms with Crippen molar-refractivity contribution in [2.45, 2.75) is 0 Å². The largest absolute Gasteiger partial charge is 0.384 e. The van der Waals surface area contributed by atoms with Crippen molar-refractivity contribution in [3.05, 3.63) is 56.9 Å². The zero-order valence-corrected chi connectivity index (χ0v) is 11.2. The molecule has 0 spiro atoms. The molecule has 1 aliphatic heterocycles. The van der Waals surface area contributed by atoms with Crippen molar-refractivity contribution < 1.29 is 18.4 Å². The van der Waals surface area contributed by atoms with Crippen molar-refractivity contribution in [1.29, 1.82) is 5.26 Å². The van der Waals surface area contributed by atoms with Crippen LogP contribution in [0, 0.1) is 23.0 Å². The van der Waals surface area contributed by atoms with Crippen molar-refractivity contribution in [2.24, 2.45) is 0 Å². The molecule has 0 saturated carbocycles. The van der Waals surface area contributed by atoms with Crippen molar-refractivity contribution in [3.63, 3.8) is 0 Å². The summed E-state index contributed by atoms with van der Waals surface area (Å²) in [6, 6.07) is 3.49. The maximum Gasteiger partial charge on any atom is 0.262 e. The highest BCUT2D eigenvalue weighted by molar-refractivity contribution is 6.23. The summed E-state index contributed by atoms with van der Waals surface area (Å²) in [6.45, 7) is 0. The summed E-state index contributed by atoms with van der Waals surface area (Å²) in [5, 5.41) is 10.6. The second-order valence-electron chi connectivity index (χ2n) is 4.67. The van der Waals surface area contributed by atoms with Gasteiger partial charge in [-0.15, -0.1) is 0 Å². The second kappa shape index (κ2) is 4.74. The monoisotopic (exact) mass is 316 g/mol. The third-order valence-electron chi connectivity index (χ3n) is 3.35. The highest BCUT2D eigenvalue weighted by Crippen LogP contribution is 2.25. The number of fused-ring (bicyclic) bond motifs is 1. The van der Waals surface area contributed by atoms with Crippen LogP contribution in [0.4, 0.5) is 14.6 Å². The molecule has 1 aliphatic rings. The van der Waals surface area contributed by atoms with Crippen molar-refractivity contribution in [3.8, 4) is 11.8 Å². The second-order valence-corrected chi connectivity index (χ2v) is 4.67. The summed E-state index contributed by atoms with van der Waals surface area (Å²) in [7, 11) is 0. The fourth-order valence-electron chi connectivity index (χ4n) is 2.32. The molecule has 1 aromatic carbocycles. The minimum Gasteiger partial charge on any atom is -0.384 e. The van der Waals surface area contributed by atoms with Gasteiger partial charge < -0.3 is 5.73 Å². The predicted octanol–water partition coefficient (Wildman–Crippen LogP) is 0.453. The summed E-state index contributed by atoms with van der Waals surface area (Å²) >= 11 is 0. The van der Waals surface area contributed by atoms with Crippen LogP contribution in [0.1, 0.15) is 26.3 Å². The van der Waals surface area contributed by atoms with Crippen molar-refractivity contribution >= 4 is 17.6 Å². The van der Waals surface area contributed by atoms with Crippen molar-refractivity contribution in [2.75, 3.05) is 5.73 Å². The SMILES string of the molecule is N#Cc1cc(F)c(-n2c(N)c3c(cc2=O)C(=O)NC3=O)cc1F. The number of anilines is 1. The number of nitrogens with zero attached hydrogens (tertiary/aromatic N) is 2. The molecule has 114 valence electrons. The molecule has 2 amide bonds. The summed E-state index contributed by atoms with van der Waals surface area (Å²) in [6.07, 6.45) is 0. The fraction of sp³-hybridized carbons (Fsp3) is 0. The lowest BCUT2D eigenvalue weighted by Gasteiger charge is -2.13. The molecule has 3 rings (SSSR count). The van der Waals surface area contributed by atoms with E-state index in [-0.39, 0.29) is 11.1 Å². The molecule has 1 aromatic heterocycles. The number of hydrogen-bond acceptors (Lipinski definition) is 5. The lowest BCUT2D eigenvalue weighted by Crippen LogP contribution is -2.25. The number of carbonyl (C=O) groups is 2. The number of nitriles is 1. The van der Waals surface area contributed by atoms with E-state index in [4.69, 9.17) is 11.0 Å². The Bertz CT molecular complexity index is 1000. The number of nitrogen functional groups attached to an aromatic ring is 1. The Labute approximate surface area is 126 Å². The number of amides is 2. The van der Waals surface area contributed by atoms with Gasteiger partial charge in [-0.05, 0) is 6.07 Å². The number of pyridine rings is 1. The van der Waals surface area contributed by atoms with Crippen LogP contribution in [0.15, 0.2) is 23.0 Å². The molecule has 0 unspecified atom stereocenters. The van der Waals surface area contributed by atoms with Crippen LogP contribution in [0.5, 0.6) is 0 Å². The Kier molecular flexibility index (Phi) is 2.97. The van der Waals surface area contributed by atoms with Gasteiger partial charge in [0.15, 0.2) is 0 Å². The van der Waals surface area contributed by atoms with Crippen molar-refractivity contribution in [1.82, 2.24) is 9.88 Å². The van der Waals surface area contributed by atoms with E-state index in [1.165, 1.54) is 6.07 Å². The predicted molar refractivity (Wildman–Crippen MR) is 72.9 cm³/mol. The molecule has 0 aliphatic carbocycles. The molecule has 0 saturated heterocycles. The van der Waals surface area contributed by atoms with Crippen LogP contribution in [-0.4, -0.2) is 16.4 Å². The number of nitrogens with two attached hydrogens (primary N) is 1. The molecule has 0 fully saturated rings. The van der Waals surface area contributed by atoms with Gasteiger partial charge in [0, 0.05) is 12.1 Å². The molecule has 2 heterocycles. The number of halogens is 2. The van der Waals surface area contributed by atoms with Crippen LogP contribution in [0.25, 0.3) is 5.69 Å². The average Bonchev–Trinajstić information content (AvgIpc) is 2.76. The number of rotatable bonds is 1. The molecule has 0 bridgehead atoms. The first kappa shape index (κ1) is 14.4. The third kappa shape index (κ3) is 1.96. The minimum atomic E-state index is -1.08.